The maximum Gasteiger partial charge on any atom is 0.334 e. The predicted molar refractivity (Wildman–Crippen MR) is 107 cm³/mol. The second kappa shape index (κ2) is 6.30. The van der Waals surface area contributed by atoms with E-state index >= 15 is 0 Å². The molecule has 2 atom stereocenters. The van der Waals surface area contributed by atoms with Crippen molar-refractivity contribution in [1.82, 2.24) is 14.0 Å². The van der Waals surface area contributed by atoms with E-state index in [2.05, 4.69) is 0 Å². The molecule has 2 bridgehead atoms. The number of pyridine rings is 1. The molecule has 4 heterocycles. The van der Waals surface area contributed by atoms with Crippen LogP contribution in [0.25, 0.3) is 10.9 Å². The fourth-order valence-electron chi connectivity index (χ4n) is 4.90. The molecule has 0 radical (unpaired) electrons. The molecule has 29 heavy (non-hydrogen) atoms. The summed E-state index contributed by atoms with van der Waals surface area (Å²) in [6.07, 6.45) is 0.885. The summed E-state index contributed by atoms with van der Waals surface area (Å²) in [7, 11) is 1.90. The van der Waals surface area contributed by atoms with Gasteiger partial charge in [0.05, 0.1) is 4.92 Å². The maximum atomic E-state index is 13.3. The largest absolute Gasteiger partial charge is 0.340 e. The lowest BCUT2D eigenvalue weighted by Crippen LogP contribution is -2.49. The number of amides is 1. The van der Waals surface area contributed by atoms with Crippen molar-refractivity contribution in [3.05, 3.63) is 74.3 Å². The van der Waals surface area contributed by atoms with Gasteiger partial charge in [-0.15, -0.1) is 0 Å². The summed E-state index contributed by atoms with van der Waals surface area (Å²) in [5, 5.41) is 12.1. The molecule has 2 aliphatic rings. The van der Waals surface area contributed by atoms with Crippen molar-refractivity contribution in [3.63, 3.8) is 0 Å². The number of rotatable bonds is 2. The summed E-state index contributed by atoms with van der Waals surface area (Å²) in [5.41, 5.74) is 1.50. The predicted octanol–water partition coefficient (Wildman–Crippen LogP) is 2.51. The zero-order valence-corrected chi connectivity index (χ0v) is 15.9. The fourth-order valence-corrected chi connectivity index (χ4v) is 4.90. The first kappa shape index (κ1) is 17.7. The maximum absolute atomic E-state index is 13.3. The van der Waals surface area contributed by atoms with Gasteiger partial charge in [0.1, 0.15) is 5.69 Å². The van der Waals surface area contributed by atoms with Gasteiger partial charge in [-0.05, 0) is 30.5 Å². The molecule has 8 nitrogen and oxygen atoms in total. The number of piperidine rings is 1. The molecule has 0 spiro atoms. The van der Waals surface area contributed by atoms with E-state index in [4.69, 9.17) is 0 Å². The Labute approximate surface area is 166 Å². The number of hydrogen-bond acceptors (Lipinski definition) is 4. The van der Waals surface area contributed by atoms with Crippen molar-refractivity contribution in [1.29, 1.82) is 0 Å². The molecular formula is C21H20N4O4. The molecule has 5 rings (SSSR count). The number of carbonyl (C=O) groups is 1. The molecular weight excluding hydrogens is 372 g/mol. The minimum absolute atomic E-state index is 0.00892. The topological polar surface area (TPSA) is 90.4 Å². The molecule has 8 heteroatoms. The van der Waals surface area contributed by atoms with Gasteiger partial charge in [-0.25, -0.2) is 0 Å². The molecule has 1 aromatic carbocycles. The Balaban J connectivity index is 1.48. The number of aryl methyl sites for hydroxylation is 1. The summed E-state index contributed by atoms with van der Waals surface area (Å²) in [6.45, 7) is 1.46. The molecule has 0 N–H and O–H groups in total. The Bertz CT molecular complexity index is 1230. The molecule has 148 valence electrons. The van der Waals surface area contributed by atoms with E-state index < -0.39 is 16.2 Å². The Morgan fingerprint density at radius 2 is 1.93 bits per heavy atom. The number of fused-ring (bicyclic) bond motifs is 5. The van der Waals surface area contributed by atoms with Gasteiger partial charge >= 0.3 is 11.2 Å². The molecule has 1 fully saturated rings. The molecule has 2 aliphatic heterocycles. The first-order valence-corrected chi connectivity index (χ1v) is 9.66. The number of carbonyl (C=O) groups excluding carboxylic acids is 1. The average molecular weight is 392 g/mol. The van der Waals surface area contributed by atoms with Crippen LogP contribution in [-0.2, 0) is 13.6 Å². The van der Waals surface area contributed by atoms with Crippen LogP contribution < -0.4 is 5.56 Å². The Hall–Kier alpha value is -3.42. The molecule has 2 aromatic heterocycles. The van der Waals surface area contributed by atoms with Crippen molar-refractivity contribution in [2.75, 3.05) is 13.1 Å². The van der Waals surface area contributed by atoms with E-state index in [1.165, 1.54) is 10.6 Å². The summed E-state index contributed by atoms with van der Waals surface area (Å²) < 4.78 is 3.46. The van der Waals surface area contributed by atoms with Crippen LogP contribution in [0.4, 0.5) is 5.69 Å². The van der Waals surface area contributed by atoms with Gasteiger partial charge in [-0.3, -0.25) is 19.7 Å². The fraction of sp³-hybridized carbons (Fsp3) is 0.333. The van der Waals surface area contributed by atoms with Crippen LogP contribution in [-0.4, -0.2) is 38.0 Å². The molecule has 0 saturated carbocycles. The highest BCUT2D eigenvalue weighted by Gasteiger charge is 2.38. The van der Waals surface area contributed by atoms with Gasteiger partial charge in [-0.2, -0.15) is 0 Å². The first-order valence-electron chi connectivity index (χ1n) is 9.66. The van der Waals surface area contributed by atoms with E-state index in [9.17, 15) is 19.7 Å². The molecule has 1 amide bonds. The van der Waals surface area contributed by atoms with E-state index in [-0.39, 0.29) is 17.7 Å². The Kier molecular flexibility index (Phi) is 3.84. The molecule has 3 aromatic rings. The summed E-state index contributed by atoms with van der Waals surface area (Å²) in [4.78, 5) is 38.1. The number of benzene rings is 1. The SMILES string of the molecule is Cn1c(C(=O)N2CC3CC(C2)c2ccc([N+](=O)[O-])c(=O)n2C3)cc2ccccc21. The van der Waals surface area contributed by atoms with Gasteiger partial charge < -0.3 is 14.0 Å². The van der Waals surface area contributed by atoms with Gasteiger partial charge in [0.2, 0.25) is 0 Å². The zero-order chi connectivity index (χ0) is 20.3. The van der Waals surface area contributed by atoms with E-state index in [1.54, 1.807) is 6.07 Å². The highest BCUT2D eigenvalue weighted by Crippen LogP contribution is 2.36. The molecule has 2 unspecified atom stereocenters. The van der Waals surface area contributed by atoms with Crippen molar-refractivity contribution >= 4 is 22.5 Å². The van der Waals surface area contributed by atoms with Gasteiger partial charge in [0.15, 0.2) is 0 Å². The number of para-hydroxylation sites is 1. The van der Waals surface area contributed by atoms with Crippen LogP contribution in [0.5, 0.6) is 0 Å². The summed E-state index contributed by atoms with van der Waals surface area (Å²) in [6, 6.07) is 12.8. The Morgan fingerprint density at radius 1 is 1.14 bits per heavy atom. The smallest absolute Gasteiger partial charge is 0.334 e. The number of nitrogens with zero attached hydrogens (tertiary/aromatic N) is 4. The van der Waals surface area contributed by atoms with E-state index in [1.807, 2.05) is 46.8 Å². The molecule has 1 saturated heterocycles. The second-order valence-corrected chi connectivity index (χ2v) is 7.97. The van der Waals surface area contributed by atoms with E-state index in [0.717, 1.165) is 23.0 Å². The minimum atomic E-state index is -0.629. The van der Waals surface area contributed by atoms with Crippen molar-refractivity contribution < 1.29 is 9.72 Å². The van der Waals surface area contributed by atoms with Crippen molar-refractivity contribution in [2.24, 2.45) is 13.0 Å². The van der Waals surface area contributed by atoms with Crippen LogP contribution >= 0.6 is 0 Å². The van der Waals surface area contributed by atoms with Gasteiger partial charge in [0, 0.05) is 55.3 Å². The number of likely N-dealkylation sites (tertiary alicyclic amines) is 1. The molecule has 0 aliphatic carbocycles. The summed E-state index contributed by atoms with van der Waals surface area (Å²) >= 11 is 0. The van der Waals surface area contributed by atoms with Crippen LogP contribution in [0.15, 0.2) is 47.3 Å². The third-order valence-electron chi connectivity index (χ3n) is 6.24. The highest BCUT2D eigenvalue weighted by atomic mass is 16.6. The second-order valence-electron chi connectivity index (χ2n) is 7.97. The van der Waals surface area contributed by atoms with Crippen LogP contribution in [0, 0.1) is 16.0 Å². The minimum Gasteiger partial charge on any atom is -0.340 e. The van der Waals surface area contributed by atoms with Crippen LogP contribution in [0.2, 0.25) is 0 Å². The number of aromatic nitrogens is 2. The number of nitro groups is 1. The lowest BCUT2D eigenvalue weighted by molar-refractivity contribution is -0.386. The van der Waals surface area contributed by atoms with Gasteiger partial charge in [-0.1, -0.05) is 18.2 Å². The first-order chi connectivity index (χ1) is 13.9. The quantitative estimate of drug-likeness (QED) is 0.495. The number of hydrogen-bond donors (Lipinski definition) is 0. The third-order valence-corrected chi connectivity index (χ3v) is 6.24. The van der Waals surface area contributed by atoms with Gasteiger partial charge in [0.25, 0.3) is 5.91 Å². The van der Waals surface area contributed by atoms with Crippen molar-refractivity contribution in [2.45, 2.75) is 18.9 Å². The average Bonchev–Trinajstić information content (AvgIpc) is 3.04. The third kappa shape index (κ3) is 2.66. The lowest BCUT2D eigenvalue weighted by atomic mass is 9.83. The standard InChI is InChI=1S/C21H20N4O4/c1-22-16-5-3-2-4-14(16)9-19(22)20(26)23-10-13-8-15(12-23)17-6-7-18(25(28)29)21(27)24(17)11-13/h2-7,9,13,15H,8,10-12H2,1H3. The zero-order valence-electron chi connectivity index (χ0n) is 15.9. The Morgan fingerprint density at radius 3 is 2.69 bits per heavy atom. The summed E-state index contributed by atoms with van der Waals surface area (Å²) in [5.74, 6) is 0.102. The monoisotopic (exact) mass is 392 g/mol. The highest BCUT2D eigenvalue weighted by molar-refractivity contribution is 5.98. The lowest BCUT2D eigenvalue weighted by Gasteiger charge is -2.42. The van der Waals surface area contributed by atoms with Crippen LogP contribution in [0.1, 0.15) is 28.5 Å². The normalized spacial score (nSPS) is 20.5. The van der Waals surface area contributed by atoms with Crippen molar-refractivity contribution in [3.8, 4) is 0 Å². The van der Waals surface area contributed by atoms with Crippen LogP contribution in [0.3, 0.4) is 0 Å². The van der Waals surface area contributed by atoms with E-state index in [0.29, 0.717) is 25.3 Å².